The number of nitrogens with one attached hydrogen (secondary N) is 2. The highest BCUT2D eigenvalue weighted by Crippen LogP contribution is 2.22. The van der Waals surface area contributed by atoms with Crippen molar-refractivity contribution in [3.63, 3.8) is 0 Å². The standard InChI is InChI=1S/C15H19N3OS/c1-4-16-12-7-5-11(6-8-12)13(19)18-15(2,3)14-17-9-10-20-14/h5-10,16H,4H2,1-3H3,(H,18,19). The minimum atomic E-state index is -0.467. The van der Waals surface area contributed by atoms with E-state index in [4.69, 9.17) is 0 Å². The van der Waals surface area contributed by atoms with Crippen LogP contribution in [0.4, 0.5) is 5.69 Å². The second kappa shape index (κ2) is 6.05. The van der Waals surface area contributed by atoms with E-state index < -0.39 is 5.54 Å². The minimum Gasteiger partial charge on any atom is -0.385 e. The third-order valence-electron chi connectivity index (χ3n) is 2.92. The quantitative estimate of drug-likeness (QED) is 0.888. The van der Waals surface area contributed by atoms with Gasteiger partial charge in [-0.15, -0.1) is 11.3 Å². The van der Waals surface area contributed by atoms with Crippen LogP contribution in [0.1, 0.15) is 36.1 Å². The van der Waals surface area contributed by atoms with E-state index in [1.165, 1.54) is 0 Å². The Morgan fingerprint density at radius 2 is 2.00 bits per heavy atom. The minimum absolute atomic E-state index is 0.0896. The fraction of sp³-hybridized carbons (Fsp3) is 0.333. The Kier molecular flexibility index (Phi) is 4.39. The van der Waals surface area contributed by atoms with Crippen LogP contribution in [0.25, 0.3) is 0 Å². The molecule has 0 aliphatic carbocycles. The smallest absolute Gasteiger partial charge is 0.252 e. The summed E-state index contributed by atoms with van der Waals surface area (Å²) in [6, 6.07) is 7.47. The second-order valence-corrected chi connectivity index (χ2v) is 5.92. The zero-order valence-electron chi connectivity index (χ0n) is 11.9. The third-order valence-corrected chi connectivity index (χ3v) is 4.02. The summed E-state index contributed by atoms with van der Waals surface area (Å²) >= 11 is 1.54. The summed E-state index contributed by atoms with van der Waals surface area (Å²) in [5.41, 5.74) is 1.20. The molecule has 1 amide bonds. The van der Waals surface area contributed by atoms with Crippen LogP contribution in [0, 0.1) is 0 Å². The van der Waals surface area contributed by atoms with E-state index in [1.807, 2.05) is 50.4 Å². The van der Waals surface area contributed by atoms with Gasteiger partial charge < -0.3 is 10.6 Å². The van der Waals surface area contributed by atoms with E-state index >= 15 is 0 Å². The molecule has 0 aliphatic rings. The Hall–Kier alpha value is -1.88. The molecule has 2 aromatic rings. The van der Waals surface area contributed by atoms with Gasteiger partial charge in [0.15, 0.2) is 0 Å². The van der Waals surface area contributed by atoms with E-state index in [9.17, 15) is 4.79 Å². The molecule has 0 aliphatic heterocycles. The van der Waals surface area contributed by atoms with Crippen LogP contribution in [-0.4, -0.2) is 17.4 Å². The van der Waals surface area contributed by atoms with Crippen molar-refractivity contribution in [3.05, 3.63) is 46.4 Å². The lowest BCUT2D eigenvalue weighted by Gasteiger charge is -2.23. The molecule has 0 atom stereocenters. The molecule has 1 heterocycles. The van der Waals surface area contributed by atoms with Crippen molar-refractivity contribution in [1.82, 2.24) is 10.3 Å². The summed E-state index contributed by atoms with van der Waals surface area (Å²) in [7, 11) is 0. The van der Waals surface area contributed by atoms with Crippen molar-refractivity contribution >= 4 is 22.9 Å². The molecule has 0 fully saturated rings. The van der Waals surface area contributed by atoms with Crippen molar-refractivity contribution in [2.45, 2.75) is 26.3 Å². The molecule has 0 saturated heterocycles. The van der Waals surface area contributed by atoms with E-state index in [0.717, 1.165) is 17.2 Å². The Balaban J connectivity index is 2.08. The van der Waals surface area contributed by atoms with Crippen LogP contribution in [0.5, 0.6) is 0 Å². The number of hydrogen-bond acceptors (Lipinski definition) is 4. The van der Waals surface area contributed by atoms with Crippen LogP contribution in [0.15, 0.2) is 35.8 Å². The van der Waals surface area contributed by atoms with Crippen molar-refractivity contribution in [2.24, 2.45) is 0 Å². The number of hydrogen-bond donors (Lipinski definition) is 2. The first-order valence-electron chi connectivity index (χ1n) is 6.59. The van der Waals surface area contributed by atoms with E-state index in [0.29, 0.717) is 5.56 Å². The van der Waals surface area contributed by atoms with Gasteiger partial charge in [0.05, 0.1) is 5.54 Å². The third kappa shape index (κ3) is 3.36. The molecule has 4 nitrogen and oxygen atoms in total. The molecule has 0 radical (unpaired) electrons. The van der Waals surface area contributed by atoms with Gasteiger partial charge in [0.1, 0.15) is 5.01 Å². The number of anilines is 1. The lowest BCUT2D eigenvalue weighted by Crippen LogP contribution is -2.40. The summed E-state index contributed by atoms with van der Waals surface area (Å²) in [5, 5.41) is 9.03. The van der Waals surface area contributed by atoms with Crippen LogP contribution in [-0.2, 0) is 5.54 Å². The first kappa shape index (κ1) is 14.5. The van der Waals surface area contributed by atoms with Crippen molar-refractivity contribution < 1.29 is 4.79 Å². The molecule has 1 aromatic heterocycles. The van der Waals surface area contributed by atoms with Crippen molar-refractivity contribution in [2.75, 3.05) is 11.9 Å². The molecule has 20 heavy (non-hydrogen) atoms. The number of carbonyl (C=O) groups excluding carboxylic acids is 1. The molecule has 2 rings (SSSR count). The number of rotatable bonds is 5. The van der Waals surface area contributed by atoms with Gasteiger partial charge in [0, 0.05) is 29.4 Å². The van der Waals surface area contributed by atoms with E-state index in [1.54, 1.807) is 17.5 Å². The van der Waals surface area contributed by atoms with Crippen LogP contribution < -0.4 is 10.6 Å². The van der Waals surface area contributed by atoms with Gasteiger partial charge in [-0.3, -0.25) is 4.79 Å². The van der Waals surface area contributed by atoms with Gasteiger partial charge in [0.25, 0.3) is 5.91 Å². The maximum atomic E-state index is 12.3. The van der Waals surface area contributed by atoms with Crippen molar-refractivity contribution in [1.29, 1.82) is 0 Å². The first-order chi connectivity index (χ1) is 9.53. The largest absolute Gasteiger partial charge is 0.385 e. The summed E-state index contributed by atoms with van der Waals surface area (Å²) in [6.07, 6.45) is 1.75. The normalized spacial score (nSPS) is 11.2. The first-order valence-corrected chi connectivity index (χ1v) is 7.47. The monoisotopic (exact) mass is 289 g/mol. The lowest BCUT2D eigenvalue weighted by molar-refractivity contribution is 0.0912. The van der Waals surface area contributed by atoms with Gasteiger partial charge in [0.2, 0.25) is 0 Å². The average molecular weight is 289 g/mol. The molecule has 2 N–H and O–H groups in total. The fourth-order valence-corrected chi connectivity index (χ4v) is 2.60. The fourth-order valence-electron chi connectivity index (χ4n) is 1.89. The second-order valence-electron chi connectivity index (χ2n) is 5.02. The highest BCUT2D eigenvalue weighted by Gasteiger charge is 2.25. The maximum Gasteiger partial charge on any atom is 0.252 e. The molecule has 5 heteroatoms. The number of amides is 1. The van der Waals surface area contributed by atoms with Crippen LogP contribution in [0.2, 0.25) is 0 Å². The molecule has 0 spiro atoms. The summed E-state index contributed by atoms with van der Waals surface area (Å²) in [4.78, 5) is 16.5. The summed E-state index contributed by atoms with van der Waals surface area (Å²) in [6.45, 7) is 6.81. The summed E-state index contributed by atoms with van der Waals surface area (Å²) < 4.78 is 0. The molecule has 0 saturated carbocycles. The average Bonchev–Trinajstić information content (AvgIpc) is 2.94. The van der Waals surface area contributed by atoms with Gasteiger partial charge in [-0.2, -0.15) is 0 Å². The lowest BCUT2D eigenvalue weighted by atomic mass is 10.1. The van der Waals surface area contributed by atoms with Gasteiger partial charge in [-0.05, 0) is 45.0 Å². The molecule has 0 unspecified atom stereocenters. The predicted molar refractivity (Wildman–Crippen MR) is 83.2 cm³/mol. The van der Waals surface area contributed by atoms with E-state index in [-0.39, 0.29) is 5.91 Å². The van der Waals surface area contributed by atoms with Crippen molar-refractivity contribution in [3.8, 4) is 0 Å². The Morgan fingerprint density at radius 1 is 1.30 bits per heavy atom. The number of thiazole rings is 1. The van der Waals surface area contributed by atoms with Crippen LogP contribution in [0.3, 0.4) is 0 Å². The van der Waals surface area contributed by atoms with E-state index in [2.05, 4.69) is 15.6 Å². The van der Waals surface area contributed by atoms with Gasteiger partial charge in [-0.25, -0.2) is 4.98 Å². The number of nitrogens with zero attached hydrogens (tertiary/aromatic N) is 1. The number of benzene rings is 1. The topological polar surface area (TPSA) is 54.0 Å². The highest BCUT2D eigenvalue weighted by atomic mass is 32.1. The number of aromatic nitrogens is 1. The molecule has 106 valence electrons. The Bertz CT molecular complexity index is 561. The van der Waals surface area contributed by atoms with Gasteiger partial charge >= 0.3 is 0 Å². The molecular formula is C15H19N3OS. The molecular weight excluding hydrogens is 270 g/mol. The summed E-state index contributed by atoms with van der Waals surface area (Å²) in [5.74, 6) is -0.0896. The zero-order chi connectivity index (χ0) is 14.6. The van der Waals surface area contributed by atoms with Crippen LogP contribution >= 0.6 is 11.3 Å². The Morgan fingerprint density at radius 3 is 2.55 bits per heavy atom. The predicted octanol–water partition coefficient (Wildman–Crippen LogP) is 3.24. The maximum absolute atomic E-state index is 12.3. The zero-order valence-corrected chi connectivity index (χ0v) is 12.8. The molecule has 0 bridgehead atoms. The Labute approximate surface area is 123 Å². The SMILES string of the molecule is CCNc1ccc(C(=O)NC(C)(C)c2nccs2)cc1. The van der Waals surface area contributed by atoms with Gasteiger partial charge in [-0.1, -0.05) is 0 Å². The molecule has 1 aromatic carbocycles. The highest BCUT2D eigenvalue weighted by molar-refractivity contribution is 7.09. The number of carbonyl (C=O) groups is 1.